The quantitative estimate of drug-likeness (QED) is 0.886. The normalized spacial score (nSPS) is 15.2. The molecule has 0 bridgehead atoms. The maximum absolute atomic E-state index is 12.3. The van der Waals surface area contributed by atoms with E-state index in [1.807, 2.05) is 6.92 Å². The molecule has 1 fully saturated rings. The summed E-state index contributed by atoms with van der Waals surface area (Å²) >= 11 is 0. The largest absolute Gasteiger partial charge is 0.472 e. The zero-order valence-corrected chi connectivity index (χ0v) is 14.4. The van der Waals surface area contributed by atoms with Crippen molar-refractivity contribution in [2.75, 3.05) is 18.4 Å². The Kier molecular flexibility index (Phi) is 5.06. The predicted molar refractivity (Wildman–Crippen MR) is 90.4 cm³/mol. The molecule has 3 amide bonds. The van der Waals surface area contributed by atoms with Crippen LogP contribution in [-0.2, 0) is 6.42 Å². The molecule has 0 aliphatic carbocycles. The molecule has 8 heteroatoms. The third-order valence-electron chi connectivity index (χ3n) is 4.38. The van der Waals surface area contributed by atoms with E-state index in [0.29, 0.717) is 55.1 Å². The number of anilines is 1. The summed E-state index contributed by atoms with van der Waals surface area (Å²) in [6.07, 6.45) is 5.02. The Hall–Kier alpha value is -2.77. The van der Waals surface area contributed by atoms with Crippen LogP contribution in [0.25, 0.3) is 0 Å². The molecule has 0 spiro atoms. The second kappa shape index (κ2) is 7.42. The van der Waals surface area contributed by atoms with Crippen molar-refractivity contribution in [1.82, 2.24) is 15.4 Å². The number of hydrogen-bond donors (Lipinski definition) is 2. The van der Waals surface area contributed by atoms with Crippen LogP contribution in [0, 0.1) is 6.92 Å². The Morgan fingerprint density at radius 1 is 1.36 bits per heavy atom. The molecule has 25 heavy (non-hydrogen) atoms. The van der Waals surface area contributed by atoms with Crippen molar-refractivity contribution in [2.24, 2.45) is 0 Å². The molecule has 0 saturated carbocycles. The van der Waals surface area contributed by atoms with E-state index in [1.54, 1.807) is 17.9 Å². The second-order valence-corrected chi connectivity index (χ2v) is 6.10. The fourth-order valence-electron chi connectivity index (χ4n) is 2.95. The smallest absolute Gasteiger partial charge is 0.319 e. The van der Waals surface area contributed by atoms with Crippen molar-refractivity contribution < 1.29 is 18.5 Å². The minimum absolute atomic E-state index is 0.0265. The molecule has 1 aliphatic heterocycles. The molecule has 134 valence electrons. The summed E-state index contributed by atoms with van der Waals surface area (Å²) in [6.45, 7) is 4.93. The number of aryl methyl sites for hydroxylation is 2. The van der Waals surface area contributed by atoms with Gasteiger partial charge >= 0.3 is 6.03 Å². The summed E-state index contributed by atoms with van der Waals surface area (Å²) in [7, 11) is 0. The summed E-state index contributed by atoms with van der Waals surface area (Å²) in [5.74, 6) is 0.623. The first-order valence-corrected chi connectivity index (χ1v) is 8.42. The Labute approximate surface area is 145 Å². The van der Waals surface area contributed by atoms with Crippen LogP contribution in [0.2, 0.25) is 0 Å². The molecular formula is C17H22N4O4. The third kappa shape index (κ3) is 3.84. The van der Waals surface area contributed by atoms with Crippen LogP contribution in [0.15, 0.2) is 27.5 Å². The fraction of sp³-hybridized carbons (Fsp3) is 0.471. The maximum Gasteiger partial charge on any atom is 0.319 e. The summed E-state index contributed by atoms with van der Waals surface area (Å²) in [4.78, 5) is 26.3. The van der Waals surface area contributed by atoms with E-state index >= 15 is 0 Å². The summed E-state index contributed by atoms with van der Waals surface area (Å²) in [5.41, 5.74) is 1.85. The SMILES string of the molecule is CCc1onc(C)c1NC(=O)NC1CCN(C(=O)c2ccoc2)CC1. The number of amides is 3. The van der Waals surface area contributed by atoms with Crippen molar-refractivity contribution in [3.63, 3.8) is 0 Å². The van der Waals surface area contributed by atoms with E-state index in [2.05, 4.69) is 15.8 Å². The number of likely N-dealkylation sites (tertiary alicyclic amines) is 1. The number of carbonyl (C=O) groups is 2. The summed E-state index contributed by atoms with van der Waals surface area (Å²) < 4.78 is 10.1. The molecule has 3 rings (SSSR count). The van der Waals surface area contributed by atoms with Crippen LogP contribution in [0.5, 0.6) is 0 Å². The first kappa shape index (κ1) is 17.1. The number of carbonyl (C=O) groups excluding carboxylic acids is 2. The molecule has 0 aromatic carbocycles. The molecule has 3 heterocycles. The average Bonchev–Trinajstić information content (AvgIpc) is 3.26. The lowest BCUT2D eigenvalue weighted by Gasteiger charge is -2.32. The minimum Gasteiger partial charge on any atom is -0.472 e. The van der Waals surface area contributed by atoms with Gasteiger partial charge in [-0.2, -0.15) is 0 Å². The molecule has 1 saturated heterocycles. The van der Waals surface area contributed by atoms with Crippen molar-refractivity contribution in [2.45, 2.75) is 39.2 Å². The lowest BCUT2D eigenvalue weighted by Crippen LogP contribution is -2.47. The van der Waals surface area contributed by atoms with Gasteiger partial charge in [-0.3, -0.25) is 4.79 Å². The van der Waals surface area contributed by atoms with Gasteiger partial charge in [0.15, 0.2) is 5.76 Å². The van der Waals surface area contributed by atoms with E-state index in [9.17, 15) is 9.59 Å². The number of hydrogen-bond acceptors (Lipinski definition) is 5. The van der Waals surface area contributed by atoms with Crippen molar-refractivity contribution in [3.8, 4) is 0 Å². The second-order valence-electron chi connectivity index (χ2n) is 6.10. The topological polar surface area (TPSA) is 101 Å². The van der Waals surface area contributed by atoms with Gasteiger partial charge in [-0.1, -0.05) is 12.1 Å². The fourth-order valence-corrected chi connectivity index (χ4v) is 2.95. The highest BCUT2D eigenvalue weighted by atomic mass is 16.5. The molecule has 2 N–H and O–H groups in total. The number of nitrogens with zero attached hydrogens (tertiary/aromatic N) is 2. The Bertz CT molecular complexity index is 730. The van der Waals surface area contributed by atoms with Gasteiger partial charge in [0.2, 0.25) is 0 Å². The van der Waals surface area contributed by atoms with Gasteiger partial charge in [0.05, 0.1) is 11.8 Å². The molecule has 1 aliphatic rings. The van der Waals surface area contributed by atoms with Crippen LogP contribution in [0.1, 0.15) is 41.6 Å². The number of rotatable bonds is 4. The average molecular weight is 346 g/mol. The molecule has 0 atom stereocenters. The molecule has 0 radical (unpaired) electrons. The van der Waals surface area contributed by atoms with Gasteiger partial charge in [-0.05, 0) is 25.8 Å². The highest BCUT2D eigenvalue weighted by Gasteiger charge is 2.25. The monoisotopic (exact) mass is 346 g/mol. The van der Waals surface area contributed by atoms with Gasteiger partial charge < -0.3 is 24.5 Å². The highest BCUT2D eigenvalue weighted by Crippen LogP contribution is 2.20. The number of urea groups is 1. The van der Waals surface area contributed by atoms with Crippen LogP contribution in [-0.4, -0.2) is 41.1 Å². The summed E-state index contributed by atoms with van der Waals surface area (Å²) in [6, 6.07) is 1.41. The lowest BCUT2D eigenvalue weighted by atomic mass is 10.0. The van der Waals surface area contributed by atoms with Crippen LogP contribution in [0.3, 0.4) is 0 Å². The van der Waals surface area contributed by atoms with Crippen molar-refractivity contribution >= 4 is 17.6 Å². The zero-order valence-electron chi connectivity index (χ0n) is 14.4. The van der Waals surface area contributed by atoms with Crippen molar-refractivity contribution in [1.29, 1.82) is 0 Å². The van der Waals surface area contributed by atoms with Crippen LogP contribution >= 0.6 is 0 Å². The minimum atomic E-state index is -0.277. The number of furan rings is 1. The van der Waals surface area contributed by atoms with Gasteiger partial charge in [0.25, 0.3) is 5.91 Å². The van der Waals surface area contributed by atoms with Crippen LogP contribution in [0.4, 0.5) is 10.5 Å². The number of aromatic nitrogens is 1. The molecular weight excluding hydrogens is 324 g/mol. The summed E-state index contributed by atoms with van der Waals surface area (Å²) in [5, 5.41) is 9.64. The molecule has 8 nitrogen and oxygen atoms in total. The van der Waals surface area contributed by atoms with Gasteiger partial charge in [-0.15, -0.1) is 0 Å². The Balaban J connectivity index is 1.49. The van der Waals surface area contributed by atoms with E-state index in [0.717, 1.165) is 0 Å². The van der Waals surface area contributed by atoms with Gasteiger partial charge in [0.1, 0.15) is 17.6 Å². The third-order valence-corrected chi connectivity index (χ3v) is 4.38. The van der Waals surface area contributed by atoms with E-state index in [1.165, 1.54) is 12.5 Å². The molecule has 0 unspecified atom stereocenters. The number of piperidine rings is 1. The maximum atomic E-state index is 12.3. The first-order chi connectivity index (χ1) is 12.1. The molecule has 2 aromatic heterocycles. The first-order valence-electron chi connectivity index (χ1n) is 8.42. The van der Waals surface area contributed by atoms with E-state index < -0.39 is 0 Å². The lowest BCUT2D eigenvalue weighted by molar-refractivity contribution is 0.0708. The van der Waals surface area contributed by atoms with E-state index in [-0.39, 0.29) is 18.0 Å². The van der Waals surface area contributed by atoms with E-state index in [4.69, 9.17) is 8.94 Å². The zero-order chi connectivity index (χ0) is 17.8. The Morgan fingerprint density at radius 2 is 2.12 bits per heavy atom. The standard InChI is InChI=1S/C17H22N4O4/c1-3-14-15(11(2)20-25-14)19-17(23)18-13-4-7-21(8-5-13)16(22)12-6-9-24-10-12/h6,9-10,13H,3-5,7-8H2,1-2H3,(H2,18,19,23). The number of nitrogens with one attached hydrogen (secondary N) is 2. The van der Waals surface area contributed by atoms with Gasteiger partial charge in [-0.25, -0.2) is 4.79 Å². The molecule has 2 aromatic rings. The Morgan fingerprint density at radius 3 is 2.76 bits per heavy atom. The van der Waals surface area contributed by atoms with Gasteiger partial charge in [0, 0.05) is 25.6 Å². The highest BCUT2D eigenvalue weighted by molar-refractivity contribution is 5.94. The van der Waals surface area contributed by atoms with Crippen LogP contribution < -0.4 is 10.6 Å². The predicted octanol–water partition coefficient (Wildman–Crippen LogP) is 2.56. The van der Waals surface area contributed by atoms with Crippen molar-refractivity contribution in [3.05, 3.63) is 35.6 Å².